The SMILES string of the molecule is O=C([O-])O.O=C([O-])[O-].[NH4+]. The maximum absolute atomic E-state index is 8.44. The Hall–Kier alpha value is -1.50. The van der Waals surface area contributed by atoms with Crippen molar-refractivity contribution >= 4 is 12.3 Å². The molecule has 0 unspecified atom stereocenters. The van der Waals surface area contributed by atoms with Crippen LogP contribution < -0.4 is 21.5 Å². The molecule has 0 aliphatic rings. The molecular weight excluding hydrogens is 134 g/mol. The lowest BCUT2D eigenvalue weighted by molar-refractivity contribution is -0.415. The lowest BCUT2D eigenvalue weighted by Crippen LogP contribution is -2.37. The third kappa shape index (κ3) is 58.5. The van der Waals surface area contributed by atoms with Crippen LogP contribution in [0.15, 0.2) is 0 Å². The Morgan fingerprint density at radius 1 is 1.11 bits per heavy atom. The summed E-state index contributed by atoms with van der Waals surface area (Å²) in [6.45, 7) is 0. The molecular formula is C2H5NO6-2. The monoisotopic (exact) mass is 139 g/mol. The summed E-state index contributed by atoms with van der Waals surface area (Å²) in [4.78, 5) is 16.8. The first-order chi connectivity index (χ1) is 3.46. The van der Waals surface area contributed by atoms with E-state index in [1.54, 1.807) is 0 Å². The van der Waals surface area contributed by atoms with Gasteiger partial charge >= 0.3 is 0 Å². The molecule has 7 nitrogen and oxygen atoms in total. The Labute approximate surface area is 49.7 Å². The van der Waals surface area contributed by atoms with E-state index < -0.39 is 12.3 Å². The minimum Gasteiger partial charge on any atom is -0.652 e. The summed E-state index contributed by atoms with van der Waals surface area (Å²) in [5, 5.41) is 32.0. The molecule has 56 valence electrons. The molecule has 0 aliphatic carbocycles. The Morgan fingerprint density at radius 3 is 1.11 bits per heavy atom. The van der Waals surface area contributed by atoms with Gasteiger partial charge in [0.25, 0.3) is 0 Å². The van der Waals surface area contributed by atoms with Gasteiger partial charge in [-0.05, 0) is 6.16 Å². The smallest absolute Gasteiger partial charge is 0.249 e. The highest BCUT2D eigenvalue weighted by atomic mass is 16.6. The van der Waals surface area contributed by atoms with E-state index in [-0.39, 0.29) is 6.15 Å². The number of carboxylic acid groups (broad SMARTS) is 4. The highest BCUT2D eigenvalue weighted by Crippen LogP contribution is 1.32. The largest absolute Gasteiger partial charge is 0.652 e. The zero-order chi connectivity index (χ0) is 7.15. The molecule has 0 aromatic heterocycles. The molecule has 0 saturated carbocycles. The fourth-order valence-corrected chi connectivity index (χ4v) is 0. The summed E-state index contributed by atoms with van der Waals surface area (Å²) in [5.74, 6) is 0. The van der Waals surface area contributed by atoms with Crippen LogP contribution in [-0.4, -0.2) is 17.4 Å². The minimum absolute atomic E-state index is 0. The maximum atomic E-state index is 8.44. The van der Waals surface area contributed by atoms with Crippen molar-refractivity contribution in [2.75, 3.05) is 0 Å². The van der Waals surface area contributed by atoms with Gasteiger partial charge in [0, 0.05) is 0 Å². The molecule has 0 heterocycles. The predicted octanol–water partition coefficient (Wildman–Crippen LogP) is -3.18. The van der Waals surface area contributed by atoms with Crippen LogP contribution in [0.3, 0.4) is 0 Å². The van der Waals surface area contributed by atoms with E-state index in [1.165, 1.54) is 0 Å². The van der Waals surface area contributed by atoms with E-state index >= 15 is 0 Å². The number of carbonyl (C=O) groups is 2. The third-order valence-corrected chi connectivity index (χ3v) is 0. The van der Waals surface area contributed by atoms with Gasteiger partial charge < -0.3 is 36.2 Å². The van der Waals surface area contributed by atoms with Gasteiger partial charge in [-0.3, -0.25) is 0 Å². The molecule has 0 fully saturated rings. The quantitative estimate of drug-likeness (QED) is 0.359. The standard InChI is InChI=1S/2CH2O3.H3N/c2*2-1(3)4;/h2*(H2,2,3,4);1H3/p-2. The minimum atomic E-state index is -2.33. The van der Waals surface area contributed by atoms with E-state index in [4.69, 9.17) is 30.0 Å². The van der Waals surface area contributed by atoms with Crippen molar-refractivity contribution < 1.29 is 30.0 Å². The van der Waals surface area contributed by atoms with E-state index in [9.17, 15) is 0 Å². The predicted molar refractivity (Wildman–Crippen MR) is 19.4 cm³/mol. The normalized spacial score (nSPS) is 5.33. The summed E-state index contributed by atoms with van der Waals surface area (Å²) in [6.07, 6.45) is -4.42. The molecule has 0 aromatic rings. The van der Waals surface area contributed by atoms with Crippen LogP contribution in [0.1, 0.15) is 0 Å². The van der Waals surface area contributed by atoms with Gasteiger partial charge in [-0.1, -0.05) is 0 Å². The molecule has 0 bridgehead atoms. The van der Waals surface area contributed by atoms with Crippen molar-refractivity contribution in [3.05, 3.63) is 0 Å². The Bertz CT molecular complexity index is 69.1. The van der Waals surface area contributed by atoms with Crippen LogP contribution in [-0.2, 0) is 0 Å². The van der Waals surface area contributed by atoms with Crippen molar-refractivity contribution in [2.24, 2.45) is 0 Å². The number of quaternary nitrogens is 1. The summed E-state index contributed by atoms with van der Waals surface area (Å²) < 4.78 is 0. The lowest BCUT2D eigenvalue weighted by atomic mass is 11.5. The second kappa shape index (κ2) is 9.71. The average molecular weight is 139 g/mol. The van der Waals surface area contributed by atoms with Crippen LogP contribution in [0.25, 0.3) is 0 Å². The van der Waals surface area contributed by atoms with E-state index in [0.717, 1.165) is 0 Å². The van der Waals surface area contributed by atoms with E-state index in [0.29, 0.717) is 0 Å². The number of hydrogen-bond acceptors (Lipinski definition) is 5. The van der Waals surface area contributed by atoms with Crippen LogP contribution in [0.4, 0.5) is 9.59 Å². The molecule has 9 heavy (non-hydrogen) atoms. The second-order valence-electron chi connectivity index (χ2n) is 0.516. The van der Waals surface area contributed by atoms with Gasteiger partial charge in [0.1, 0.15) is 0 Å². The highest BCUT2D eigenvalue weighted by Gasteiger charge is 1.51. The molecule has 0 radical (unpaired) electrons. The van der Waals surface area contributed by atoms with Crippen molar-refractivity contribution in [3.8, 4) is 0 Å². The molecule has 0 aromatic carbocycles. The number of rotatable bonds is 0. The maximum Gasteiger partial charge on any atom is 0.249 e. The molecule has 0 saturated heterocycles. The molecule has 0 aliphatic heterocycles. The fourth-order valence-electron chi connectivity index (χ4n) is 0. The molecule has 5 N–H and O–H groups in total. The van der Waals surface area contributed by atoms with Crippen LogP contribution in [0.2, 0.25) is 0 Å². The molecule has 0 amide bonds. The summed E-state index contributed by atoms with van der Waals surface area (Å²) in [5.41, 5.74) is 0. The molecule has 7 heteroatoms. The average Bonchev–Trinajstić information content (AvgIpc) is 1.25. The third-order valence-electron chi connectivity index (χ3n) is 0. The van der Waals surface area contributed by atoms with Gasteiger partial charge in [0.15, 0.2) is 0 Å². The zero-order valence-corrected chi connectivity index (χ0v) is 4.49. The molecule has 0 spiro atoms. The summed E-state index contributed by atoms with van der Waals surface area (Å²) in [6, 6.07) is 0. The highest BCUT2D eigenvalue weighted by molar-refractivity contribution is 5.50. The second-order valence-corrected chi connectivity index (χ2v) is 0.516. The summed E-state index contributed by atoms with van der Waals surface area (Å²) in [7, 11) is 0. The lowest BCUT2D eigenvalue weighted by Gasteiger charge is -1.96. The van der Waals surface area contributed by atoms with Gasteiger partial charge in [-0.2, -0.15) is 0 Å². The van der Waals surface area contributed by atoms with Crippen LogP contribution in [0.5, 0.6) is 0 Å². The molecule has 0 atom stereocenters. The van der Waals surface area contributed by atoms with Crippen molar-refractivity contribution in [1.82, 2.24) is 6.15 Å². The Balaban J connectivity index is -0.0000000720. The van der Waals surface area contributed by atoms with E-state index in [1.807, 2.05) is 0 Å². The van der Waals surface area contributed by atoms with Gasteiger partial charge in [-0.25, -0.2) is 0 Å². The van der Waals surface area contributed by atoms with Crippen LogP contribution >= 0.6 is 0 Å². The Kier molecular flexibility index (Phi) is 16.9. The first-order valence-corrected chi connectivity index (χ1v) is 1.24. The van der Waals surface area contributed by atoms with Crippen LogP contribution in [0, 0.1) is 0 Å². The summed E-state index contributed by atoms with van der Waals surface area (Å²) >= 11 is 0. The van der Waals surface area contributed by atoms with Crippen molar-refractivity contribution in [1.29, 1.82) is 0 Å². The first-order valence-electron chi connectivity index (χ1n) is 1.24. The van der Waals surface area contributed by atoms with Crippen molar-refractivity contribution in [3.63, 3.8) is 0 Å². The Morgan fingerprint density at radius 2 is 1.11 bits per heavy atom. The zero-order valence-electron chi connectivity index (χ0n) is 4.49. The van der Waals surface area contributed by atoms with Gasteiger partial charge in [-0.15, -0.1) is 0 Å². The number of hydrogen-bond donors (Lipinski definition) is 2. The van der Waals surface area contributed by atoms with Gasteiger partial charge in [0.05, 0.1) is 0 Å². The number of carbonyl (C=O) groups excluding carboxylic acids is 1. The van der Waals surface area contributed by atoms with Gasteiger partial charge in [0.2, 0.25) is 6.16 Å². The molecule has 0 rings (SSSR count). The van der Waals surface area contributed by atoms with E-state index in [2.05, 4.69) is 0 Å². The van der Waals surface area contributed by atoms with Crippen molar-refractivity contribution in [2.45, 2.75) is 0 Å². The first kappa shape index (κ1) is 15.6. The fraction of sp³-hybridized carbons (Fsp3) is 0. The topological polar surface area (TPSA) is 160 Å².